The van der Waals surface area contributed by atoms with Crippen molar-refractivity contribution >= 4 is 33.8 Å². The van der Waals surface area contributed by atoms with Crippen LogP contribution in [0.25, 0.3) is 0 Å². The summed E-state index contributed by atoms with van der Waals surface area (Å²) in [5, 5.41) is 0.643. The molecule has 0 fully saturated rings. The summed E-state index contributed by atoms with van der Waals surface area (Å²) in [5.74, 6) is 0.925. The Morgan fingerprint density at radius 2 is 2.10 bits per heavy atom. The van der Waals surface area contributed by atoms with Gasteiger partial charge in [0.1, 0.15) is 6.61 Å². The van der Waals surface area contributed by atoms with Crippen LogP contribution in [0.4, 0.5) is 0 Å². The minimum absolute atomic E-state index is 0.305. The normalized spacial score (nSPS) is 10.2. The van der Waals surface area contributed by atoms with Crippen LogP contribution in [-0.4, -0.2) is 13.4 Å². The monoisotopic (exact) mass is 354 g/mol. The number of hydrogen-bond acceptors (Lipinski definition) is 3. The first kappa shape index (κ1) is 14.9. The van der Waals surface area contributed by atoms with Gasteiger partial charge in [-0.3, -0.25) is 4.79 Å². The van der Waals surface area contributed by atoms with Gasteiger partial charge in [0.05, 0.1) is 12.7 Å². The van der Waals surface area contributed by atoms with Gasteiger partial charge < -0.3 is 9.47 Å². The number of hydrogen-bond donors (Lipinski definition) is 0. The summed E-state index contributed by atoms with van der Waals surface area (Å²) in [4.78, 5) is 11.1. The van der Waals surface area contributed by atoms with Gasteiger partial charge >= 0.3 is 0 Å². The highest BCUT2D eigenvalue weighted by atomic mass is 79.9. The van der Waals surface area contributed by atoms with Gasteiger partial charge in [0.2, 0.25) is 0 Å². The molecule has 0 aliphatic carbocycles. The Morgan fingerprint density at radius 3 is 2.75 bits per heavy atom. The second-order valence-electron chi connectivity index (χ2n) is 4.06. The van der Waals surface area contributed by atoms with Crippen molar-refractivity contribution in [2.75, 3.05) is 7.11 Å². The molecule has 0 atom stereocenters. The number of carbonyl (C=O) groups is 1. The van der Waals surface area contributed by atoms with Crippen LogP contribution in [0.3, 0.4) is 0 Å². The zero-order valence-electron chi connectivity index (χ0n) is 10.7. The SMILES string of the molecule is COc1cc(Br)cc(C=O)c1OCc1cccc(Cl)c1. The molecule has 0 saturated heterocycles. The van der Waals surface area contributed by atoms with Crippen LogP contribution in [0, 0.1) is 0 Å². The lowest BCUT2D eigenvalue weighted by atomic mass is 10.2. The van der Waals surface area contributed by atoms with E-state index >= 15 is 0 Å². The number of halogens is 2. The van der Waals surface area contributed by atoms with Gasteiger partial charge in [-0.15, -0.1) is 0 Å². The lowest BCUT2D eigenvalue weighted by Crippen LogP contribution is -2.01. The molecule has 2 rings (SSSR count). The first-order valence-corrected chi connectivity index (χ1v) is 7.01. The maximum atomic E-state index is 11.1. The number of carbonyl (C=O) groups excluding carboxylic acids is 1. The summed E-state index contributed by atoms with van der Waals surface area (Å²) in [6.07, 6.45) is 0.737. The van der Waals surface area contributed by atoms with Crippen molar-refractivity contribution in [3.05, 3.63) is 57.0 Å². The number of aldehydes is 1. The Morgan fingerprint density at radius 1 is 1.30 bits per heavy atom. The van der Waals surface area contributed by atoms with E-state index in [9.17, 15) is 4.79 Å². The average molecular weight is 356 g/mol. The molecule has 0 radical (unpaired) electrons. The second kappa shape index (κ2) is 6.77. The number of benzene rings is 2. The molecule has 5 heteroatoms. The lowest BCUT2D eigenvalue weighted by molar-refractivity contribution is 0.111. The fraction of sp³-hybridized carbons (Fsp3) is 0.133. The Balaban J connectivity index is 2.26. The first-order chi connectivity index (χ1) is 9.63. The third-order valence-corrected chi connectivity index (χ3v) is 3.36. The molecule has 0 spiro atoms. The van der Waals surface area contributed by atoms with E-state index in [2.05, 4.69) is 15.9 Å². The van der Waals surface area contributed by atoms with E-state index in [1.807, 2.05) is 18.2 Å². The molecule has 3 nitrogen and oxygen atoms in total. The lowest BCUT2D eigenvalue weighted by Gasteiger charge is -2.13. The summed E-state index contributed by atoms with van der Waals surface area (Å²) in [7, 11) is 1.53. The average Bonchev–Trinajstić information content (AvgIpc) is 2.45. The van der Waals surface area contributed by atoms with Gasteiger partial charge in [0, 0.05) is 9.50 Å². The van der Waals surface area contributed by atoms with E-state index in [0.29, 0.717) is 28.7 Å². The maximum absolute atomic E-state index is 11.1. The summed E-state index contributed by atoms with van der Waals surface area (Å²) < 4.78 is 11.7. The molecule has 0 aliphatic heterocycles. The predicted octanol–water partition coefficient (Wildman–Crippen LogP) is 4.50. The summed E-state index contributed by atoms with van der Waals surface area (Å²) in [6.45, 7) is 0.305. The van der Waals surface area contributed by atoms with Crippen molar-refractivity contribution in [3.8, 4) is 11.5 Å². The van der Waals surface area contributed by atoms with Crippen LogP contribution in [-0.2, 0) is 6.61 Å². The van der Waals surface area contributed by atoms with Crippen molar-refractivity contribution in [1.82, 2.24) is 0 Å². The fourth-order valence-electron chi connectivity index (χ4n) is 1.76. The van der Waals surface area contributed by atoms with E-state index in [4.69, 9.17) is 21.1 Å². The van der Waals surface area contributed by atoms with Gasteiger partial charge in [0.25, 0.3) is 0 Å². The van der Waals surface area contributed by atoms with Gasteiger partial charge in [-0.25, -0.2) is 0 Å². The topological polar surface area (TPSA) is 35.5 Å². The molecule has 2 aromatic rings. The number of methoxy groups -OCH3 is 1. The van der Waals surface area contributed by atoms with Crippen molar-refractivity contribution in [3.63, 3.8) is 0 Å². The molecule has 0 amide bonds. The molecule has 0 bridgehead atoms. The van der Waals surface area contributed by atoms with Crippen molar-refractivity contribution < 1.29 is 14.3 Å². The predicted molar refractivity (Wildman–Crippen MR) is 81.9 cm³/mol. The van der Waals surface area contributed by atoms with Crippen LogP contribution in [0.15, 0.2) is 40.9 Å². The van der Waals surface area contributed by atoms with Crippen LogP contribution in [0.1, 0.15) is 15.9 Å². The second-order valence-corrected chi connectivity index (χ2v) is 5.41. The third-order valence-electron chi connectivity index (χ3n) is 2.67. The van der Waals surface area contributed by atoms with Crippen LogP contribution < -0.4 is 9.47 Å². The smallest absolute Gasteiger partial charge is 0.172 e. The highest BCUT2D eigenvalue weighted by molar-refractivity contribution is 9.10. The summed E-state index contributed by atoms with van der Waals surface area (Å²) in [6, 6.07) is 10.8. The van der Waals surface area contributed by atoms with E-state index < -0.39 is 0 Å². The highest BCUT2D eigenvalue weighted by Crippen LogP contribution is 2.34. The van der Waals surface area contributed by atoms with E-state index in [1.54, 1.807) is 18.2 Å². The Kier molecular flexibility index (Phi) is 5.04. The van der Waals surface area contributed by atoms with Crippen molar-refractivity contribution in [2.45, 2.75) is 6.61 Å². The third kappa shape index (κ3) is 3.52. The Hall–Kier alpha value is -1.52. The Labute approximate surface area is 130 Å². The summed E-state index contributed by atoms with van der Waals surface area (Å²) in [5.41, 5.74) is 1.34. The van der Waals surface area contributed by atoms with Gasteiger partial charge in [-0.05, 0) is 29.8 Å². The molecule has 20 heavy (non-hydrogen) atoms. The minimum atomic E-state index is 0.305. The number of rotatable bonds is 5. The zero-order chi connectivity index (χ0) is 14.5. The molecule has 0 saturated carbocycles. The largest absolute Gasteiger partial charge is 0.493 e. The van der Waals surface area contributed by atoms with Gasteiger partial charge in [0.15, 0.2) is 17.8 Å². The van der Waals surface area contributed by atoms with Crippen LogP contribution in [0.2, 0.25) is 5.02 Å². The molecule has 0 heterocycles. The molecular formula is C15H12BrClO3. The van der Waals surface area contributed by atoms with E-state index in [0.717, 1.165) is 16.3 Å². The first-order valence-electron chi connectivity index (χ1n) is 5.84. The molecule has 0 N–H and O–H groups in total. The van der Waals surface area contributed by atoms with E-state index in [-0.39, 0.29) is 0 Å². The van der Waals surface area contributed by atoms with Gasteiger partial charge in [-0.2, -0.15) is 0 Å². The summed E-state index contributed by atoms with van der Waals surface area (Å²) >= 11 is 9.24. The molecule has 0 unspecified atom stereocenters. The fourth-order valence-corrected chi connectivity index (χ4v) is 2.43. The van der Waals surface area contributed by atoms with Gasteiger partial charge in [-0.1, -0.05) is 39.7 Å². The molecular weight excluding hydrogens is 344 g/mol. The minimum Gasteiger partial charge on any atom is -0.493 e. The van der Waals surface area contributed by atoms with Crippen molar-refractivity contribution in [1.29, 1.82) is 0 Å². The van der Waals surface area contributed by atoms with E-state index in [1.165, 1.54) is 7.11 Å². The van der Waals surface area contributed by atoms with Crippen LogP contribution >= 0.6 is 27.5 Å². The molecule has 104 valence electrons. The standard InChI is InChI=1S/C15H12BrClO3/c1-19-14-7-12(16)6-11(8-18)15(14)20-9-10-3-2-4-13(17)5-10/h2-8H,9H2,1H3. The van der Waals surface area contributed by atoms with Crippen molar-refractivity contribution in [2.24, 2.45) is 0 Å². The maximum Gasteiger partial charge on any atom is 0.172 e. The highest BCUT2D eigenvalue weighted by Gasteiger charge is 2.12. The number of ether oxygens (including phenoxy) is 2. The van der Waals surface area contributed by atoms with Crippen LogP contribution in [0.5, 0.6) is 11.5 Å². The zero-order valence-corrected chi connectivity index (χ0v) is 13.1. The molecule has 2 aromatic carbocycles. The molecule has 0 aromatic heterocycles. The quantitative estimate of drug-likeness (QED) is 0.741. The Bertz CT molecular complexity index is 629. The molecule has 0 aliphatic rings.